The van der Waals surface area contributed by atoms with Crippen molar-refractivity contribution in [3.8, 4) is 0 Å². The Morgan fingerprint density at radius 1 is 1.03 bits per heavy atom. The lowest BCUT2D eigenvalue weighted by Gasteiger charge is -2.45. The molecule has 3 fully saturated rings. The summed E-state index contributed by atoms with van der Waals surface area (Å²) in [7, 11) is 0. The summed E-state index contributed by atoms with van der Waals surface area (Å²) >= 11 is 0. The Hall–Kier alpha value is -1.65. The van der Waals surface area contributed by atoms with Crippen LogP contribution in [0, 0.1) is 23.2 Å². The van der Waals surface area contributed by atoms with Gasteiger partial charge in [-0.15, -0.1) is 0 Å². The highest BCUT2D eigenvalue weighted by Crippen LogP contribution is 2.59. The van der Waals surface area contributed by atoms with Crippen molar-refractivity contribution in [1.82, 2.24) is 0 Å². The minimum Gasteiger partial charge on any atom is -0.459 e. The van der Waals surface area contributed by atoms with Gasteiger partial charge >= 0.3 is 5.97 Å². The van der Waals surface area contributed by atoms with Gasteiger partial charge in [-0.2, -0.15) is 0 Å². The first-order chi connectivity index (χ1) is 16.6. The highest BCUT2D eigenvalue weighted by molar-refractivity contribution is 5.90. The third-order valence-corrected chi connectivity index (χ3v) is 10.1. The number of carbonyl (C=O) groups is 1. The lowest BCUT2D eigenvalue weighted by atomic mass is 9.64. The lowest BCUT2D eigenvalue weighted by molar-refractivity contribution is -0.200. The second-order valence-corrected chi connectivity index (χ2v) is 12.6. The molecule has 1 saturated heterocycles. The summed E-state index contributed by atoms with van der Waals surface area (Å²) in [5.74, 6) is 0.596. The fraction of sp³-hybridized carbons (Fsp3) is 0.710. The van der Waals surface area contributed by atoms with Crippen LogP contribution in [0.15, 0.2) is 41.5 Å². The molecule has 0 N–H and O–H groups in total. The molecule has 5 rings (SSSR count). The summed E-state index contributed by atoms with van der Waals surface area (Å²) in [6.45, 7) is 12.7. The Labute approximate surface area is 211 Å². The van der Waals surface area contributed by atoms with Crippen LogP contribution in [0.3, 0.4) is 0 Å². The number of fused-ring (bicyclic) bond motifs is 1. The molecule has 192 valence electrons. The topological polar surface area (TPSA) is 44.8 Å². The van der Waals surface area contributed by atoms with Gasteiger partial charge in [0.15, 0.2) is 5.79 Å². The third kappa shape index (κ3) is 4.39. The Balaban J connectivity index is 1.40. The molecule has 0 bridgehead atoms. The first-order valence-electron chi connectivity index (χ1n) is 13.9. The van der Waals surface area contributed by atoms with Gasteiger partial charge in [0.2, 0.25) is 0 Å². The van der Waals surface area contributed by atoms with Crippen LogP contribution >= 0.6 is 0 Å². The molecule has 2 saturated carbocycles. The summed E-state index contributed by atoms with van der Waals surface area (Å²) in [6, 6.07) is 10.8. The molecule has 35 heavy (non-hydrogen) atoms. The number of esters is 1. The van der Waals surface area contributed by atoms with Crippen molar-refractivity contribution in [2.75, 3.05) is 13.2 Å². The van der Waals surface area contributed by atoms with Crippen LogP contribution in [-0.4, -0.2) is 31.1 Å². The van der Waals surface area contributed by atoms with E-state index in [9.17, 15) is 4.79 Å². The van der Waals surface area contributed by atoms with Crippen molar-refractivity contribution in [3.05, 3.63) is 47.0 Å². The van der Waals surface area contributed by atoms with E-state index in [1.54, 1.807) is 0 Å². The van der Waals surface area contributed by atoms with Gasteiger partial charge in [0.25, 0.3) is 0 Å². The smallest absolute Gasteiger partial charge is 0.334 e. The quantitative estimate of drug-likeness (QED) is 0.427. The minimum atomic E-state index is -0.535. The number of rotatable bonds is 5. The van der Waals surface area contributed by atoms with Gasteiger partial charge in [0, 0.05) is 17.4 Å². The molecule has 1 heterocycles. The standard InChI is InChI=1S/C31H44O4/c1-21-13-14-25(29(2,3)22-10-7-6-8-11-22)26(20-21)35-28(32)23-12-9-17-30(4)24(23)15-16-27(30)31(5)33-18-19-34-31/h6-8,10-11,21,25-27H,9,12-20H2,1-5H3/t21-,25-,26-,27+,30+/m1/s1. The Kier molecular flexibility index (Phi) is 6.68. The van der Waals surface area contributed by atoms with Crippen molar-refractivity contribution in [1.29, 1.82) is 0 Å². The normalized spacial score (nSPS) is 35.1. The zero-order valence-corrected chi connectivity index (χ0v) is 22.4. The van der Waals surface area contributed by atoms with Gasteiger partial charge in [-0.3, -0.25) is 0 Å². The maximum Gasteiger partial charge on any atom is 0.334 e. The van der Waals surface area contributed by atoms with E-state index < -0.39 is 5.79 Å². The van der Waals surface area contributed by atoms with E-state index in [-0.39, 0.29) is 28.8 Å². The van der Waals surface area contributed by atoms with Crippen molar-refractivity contribution in [2.24, 2.45) is 23.2 Å². The molecule has 0 aromatic heterocycles. The molecular weight excluding hydrogens is 436 g/mol. The summed E-state index contributed by atoms with van der Waals surface area (Å²) in [5.41, 5.74) is 3.51. The molecule has 0 radical (unpaired) electrons. The van der Waals surface area contributed by atoms with E-state index in [2.05, 4.69) is 65.0 Å². The summed E-state index contributed by atoms with van der Waals surface area (Å²) in [4.78, 5) is 13.8. The van der Waals surface area contributed by atoms with Gasteiger partial charge in [-0.25, -0.2) is 4.79 Å². The number of ether oxygens (including phenoxy) is 3. The van der Waals surface area contributed by atoms with Crippen molar-refractivity contribution in [2.45, 2.75) is 103 Å². The number of hydrogen-bond donors (Lipinski definition) is 0. The molecule has 0 amide bonds. The van der Waals surface area contributed by atoms with Gasteiger partial charge in [0.05, 0.1) is 13.2 Å². The van der Waals surface area contributed by atoms with E-state index in [4.69, 9.17) is 14.2 Å². The number of benzene rings is 1. The lowest BCUT2D eigenvalue weighted by Crippen LogP contribution is -2.45. The second kappa shape index (κ2) is 9.34. The monoisotopic (exact) mass is 480 g/mol. The fourth-order valence-corrected chi connectivity index (χ4v) is 8.08. The predicted octanol–water partition coefficient (Wildman–Crippen LogP) is 6.97. The van der Waals surface area contributed by atoms with Gasteiger partial charge in [-0.05, 0) is 74.2 Å². The Morgan fingerprint density at radius 2 is 1.74 bits per heavy atom. The maximum atomic E-state index is 13.8. The van der Waals surface area contributed by atoms with E-state index in [1.807, 2.05) is 0 Å². The molecule has 1 aromatic rings. The summed E-state index contributed by atoms with van der Waals surface area (Å²) in [6.07, 6.45) is 8.13. The number of carbonyl (C=O) groups excluding carboxylic acids is 1. The SMILES string of the molecule is C[C@@H]1CC[C@@H](C(C)(C)c2ccccc2)[C@H](OC(=O)C2=C3CC[C@H](C4(C)OCCO4)[C@@]3(C)CCC2)C1. The van der Waals surface area contributed by atoms with Crippen LogP contribution in [0.1, 0.15) is 91.5 Å². The van der Waals surface area contributed by atoms with Gasteiger partial charge in [0.1, 0.15) is 6.10 Å². The summed E-state index contributed by atoms with van der Waals surface area (Å²) in [5, 5.41) is 0. The minimum absolute atomic E-state index is 0.0426. The largest absolute Gasteiger partial charge is 0.459 e. The molecule has 3 aliphatic carbocycles. The van der Waals surface area contributed by atoms with Crippen LogP contribution in [-0.2, 0) is 24.4 Å². The molecule has 4 aliphatic rings. The first-order valence-corrected chi connectivity index (χ1v) is 13.9. The maximum absolute atomic E-state index is 13.8. The van der Waals surface area contributed by atoms with Crippen LogP contribution in [0.4, 0.5) is 0 Å². The molecule has 0 spiro atoms. The fourth-order valence-electron chi connectivity index (χ4n) is 8.08. The van der Waals surface area contributed by atoms with Crippen LogP contribution in [0.2, 0.25) is 0 Å². The molecular formula is C31H44O4. The van der Waals surface area contributed by atoms with Crippen molar-refractivity contribution < 1.29 is 19.0 Å². The van der Waals surface area contributed by atoms with Crippen LogP contribution < -0.4 is 0 Å². The number of hydrogen-bond acceptors (Lipinski definition) is 4. The van der Waals surface area contributed by atoms with E-state index in [0.29, 0.717) is 25.0 Å². The van der Waals surface area contributed by atoms with Crippen molar-refractivity contribution >= 4 is 5.97 Å². The molecule has 4 heteroatoms. The van der Waals surface area contributed by atoms with E-state index >= 15 is 0 Å². The average Bonchev–Trinajstić information content (AvgIpc) is 3.43. The van der Waals surface area contributed by atoms with Crippen molar-refractivity contribution in [3.63, 3.8) is 0 Å². The molecule has 0 unspecified atom stereocenters. The summed E-state index contributed by atoms with van der Waals surface area (Å²) < 4.78 is 18.7. The third-order valence-electron chi connectivity index (χ3n) is 10.1. The molecule has 4 nitrogen and oxygen atoms in total. The average molecular weight is 481 g/mol. The second-order valence-electron chi connectivity index (χ2n) is 12.6. The predicted molar refractivity (Wildman–Crippen MR) is 138 cm³/mol. The molecule has 5 atom stereocenters. The van der Waals surface area contributed by atoms with E-state index in [0.717, 1.165) is 50.5 Å². The zero-order chi connectivity index (χ0) is 24.8. The van der Waals surface area contributed by atoms with Crippen LogP contribution in [0.5, 0.6) is 0 Å². The first kappa shape index (κ1) is 25.0. The van der Waals surface area contributed by atoms with Gasteiger partial charge in [-0.1, -0.05) is 70.0 Å². The molecule has 1 aromatic carbocycles. The number of allylic oxidation sites excluding steroid dienone is 1. The Bertz CT molecular complexity index is 957. The highest BCUT2D eigenvalue weighted by Gasteiger charge is 2.56. The van der Waals surface area contributed by atoms with Crippen LogP contribution in [0.25, 0.3) is 0 Å². The Morgan fingerprint density at radius 3 is 2.46 bits per heavy atom. The zero-order valence-electron chi connectivity index (χ0n) is 22.4. The van der Waals surface area contributed by atoms with Gasteiger partial charge < -0.3 is 14.2 Å². The van der Waals surface area contributed by atoms with E-state index in [1.165, 1.54) is 17.6 Å². The molecule has 1 aliphatic heterocycles. The highest BCUT2D eigenvalue weighted by atomic mass is 16.7.